The first-order valence-electron chi connectivity index (χ1n) is 34.9. The van der Waals surface area contributed by atoms with E-state index >= 15 is 0 Å². The van der Waals surface area contributed by atoms with Crippen LogP contribution in [0.3, 0.4) is 0 Å². The van der Waals surface area contributed by atoms with Crippen molar-refractivity contribution in [1.82, 2.24) is 5.32 Å². The Morgan fingerprint density at radius 2 is 1.10 bits per heavy atom. The van der Waals surface area contributed by atoms with Gasteiger partial charge in [0.15, 0.2) is 0 Å². The summed E-state index contributed by atoms with van der Waals surface area (Å²) in [6.07, 6.45) is 1.60. The molecule has 5 atom stereocenters. The molecule has 3 heterocycles. The predicted molar refractivity (Wildman–Crippen MR) is 410 cm³/mol. The molecule has 111 heavy (non-hydrogen) atoms. The molecule has 31 heteroatoms. The third kappa shape index (κ3) is 30.5. The van der Waals surface area contributed by atoms with Gasteiger partial charge in [-0.3, -0.25) is 18.7 Å². The Labute approximate surface area is 645 Å². The molecule has 0 spiro atoms. The quantitative estimate of drug-likeness (QED) is 0.0246. The van der Waals surface area contributed by atoms with Crippen molar-refractivity contribution < 1.29 is 111 Å². The molecule has 1 amide bonds. The number of aryl methyl sites for hydroxylation is 4. The predicted octanol–water partition coefficient (Wildman–Crippen LogP) is 13.8. The first-order chi connectivity index (χ1) is 52.7. The highest BCUT2D eigenvalue weighted by atomic mass is 32.2. The van der Waals surface area contributed by atoms with Crippen LogP contribution in [0.4, 0.5) is 32.4 Å². The van der Waals surface area contributed by atoms with Crippen LogP contribution in [0.5, 0.6) is 17.2 Å². The van der Waals surface area contributed by atoms with E-state index in [4.69, 9.17) is 26.8 Å². The number of hydrogen-bond donors (Lipinski definition) is 2. The summed E-state index contributed by atoms with van der Waals surface area (Å²) in [5.41, 5.74) is 5.70. The average molecular weight is 1620 g/mol. The third-order valence-electron chi connectivity index (χ3n) is 17.0. The van der Waals surface area contributed by atoms with E-state index in [-0.39, 0.29) is 102 Å². The van der Waals surface area contributed by atoms with E-state index in [1.165, 1.54) is 67.7 Å². The highest BCUT2D eigenvalue weighted by Gasteiger charge is 2.34. The van der Waals surface area contributed by atoms with Crippen LogP contribution in [0.1, 0.15) is 106 Å². The van der Waals surface area contributed by atoms with Crippen molar-refractivity contribution in [2.45, 2.75) is 96.0 Å². The van der Waals surface area contributed by atoms with Crippen LogP contribution in [0.25, 0.3) is 0 Å². The maximum Gasteiger partial charge on any atom is 0.414 e. The number of aliphatic hydroxyl groups excluding tert-OH is 1. The fourth-order valence-electron chi connectivity index (χ4n) is 11.2. The molecule has 0 radical (unpaired) electrons. The number of likely N-dealkylation sites (N-methyl/N-ethyl adjacent to an activating group) is 1. The number of benzene rings is 8. The summed E-state index contributed by atoms with van der Waals surface area (Å²) in [5.74, 6) is -4.83. The lowest BCUT2D eigenvalue weighted by molar-refractivity contribution is -0.142. The first-order valence-corrected chi connectivity index (χ1v) is 41.1. The molecular formula is C80H91F5N2O20S4. The summed E-state index contributed by atoms with van der Waals surface area (Å²) in [6.45, 7) is 12.3. The highest BCUT2D eigenvalue weighted by molar-refractivity contribution is 7.90. The van der Waals surface area contributed by atoms with E-state index in [2.05, 4.69) is 20.8 Å². The van der Waals surface area contributed by atoms with Crippen LogP contribution in [-0.4, -0.2) is 141 Å². The second-order valence-corrected chi connectivity index (χ2v) is 32.3. The third-order valence-corrected chi connectivity index (χ3v) is 21.5. The number of hydrogen-bond acceptors (Lipinski definition) is 21. The summed E-state index contributed by atoms with van der Waals surface area (Å²) < 4.78 is 200. The number of nitrogens with one attached hydrogen (secondary N) is 1. The molecule has 3 saturated heterocycles. The van der Waals surface area contributed by atoms with Crippen LogP contribution in [0.15, 0.2) is 194 Å². The number of carbonyl (C=O) groups excluding carboxylic acids is 3. The Balaban J connectivity index is 0.000000212. The van der Waals surface area contributed by atoms with Crippen LogP contribution in [0, 0.1) is 56.8 Å². The van der Waals surface area contributed by atoms with Gasteiger partial charge in [0.1, 0.15) is 52.4 Å². The Kier molecular flexibility index (Phi) is 35.7. The van der Waals surface area contributed by atoms with Crippen molar-refractivity contribution in [3.63, 3.8) is 0 Å². The van der Waals surface area contributed by atoms with E-state index in [9.17, 15) is 75.1 Å². The second-order valence-electron chi connectivity index (χ2n) is 25.7. The van der Waals surface area contributed by atoms with E-state index in [1.54, 1.807) is 155 Å². The van der Waals surface area contributed by atoms with Gasteiger partial charge in [-0.25, -0.2) is 26.7 Å². The van der Waals surface area contributed by atoms with Gasteiger partial charge in [-0.15, -0.1) is 0 Å². The van der Waals surface area contributed by atoms with Crippen LogP contribution in [0.2, 0.25) is 0 Å². The first kappa shape index (κ1) is 90.3. The molecule has 600 valence electrons. The smallest absolute Gasteiger partial charge is 0.414 e. The average Bonchev–Trinajstić information content (AvgIpc) is 1.80. The van der Waals surface area contributed by atoms with Crippen molar-refractivity contribution in [3.05, 3.63) is 273 Å². The van der Waals surface area contributed by atoms with Crippen molar-refractivity contribution in [2.24, 2.45) is 0 Å². The largest absolute Gasteiger partial charge is 0.469 e. The molecule has 3 aliphatic rings. The van der Waals surface area contributed by atoms with Gasteiger partial charge in [-0.2, -0.15) is 33.7 Å². The molecule has 4 unspecified atom stereocenters. The van der Waals surface area contributed by atoms with E-state index in [0.717, 1.165) is 41.5 Å². The number of rotatable bonds is 24. The number of methoxy groups -OCH3 is 2. The normalized spacial score (nSPS) is 16.3. The summed E-state index contributed by atoms with van der Waals surface area (Å²) in [4.78, 5) is 36.2. The Morgan fingerprint density at radius 3 is 1.56 bits per heavy atom. The molecule has 2 N–H and O–H groups in total. The molecule has 8 aromatic carbocycles. The minimum Gasteiger partial charge on any atom is -0.469 e. The molecular weight excluding hydrogens is 1530 g/mol. The molecule has 0 saturated carbocycles. The second kappa shape index (κ2) is 43.9. The molecule has 0 aliphatic carbocycles. The number of ether oxygens (including phenoxy) is 4. The van der Waals surface area contributed by atoms with Gasteiger partial charge < -0.3 is 41.9 Å². The number of cyclic esters (lactones) is 1. The monoisotopic (exact) mass is 1620 g/mol. The van der Waals surface area contributed by atoms with Gasteiger partial charge >= 0.3 is 48.4 Å². The van der Waals surface area contributed by atoms with Crippen LogP contribution in [-0.2, 0) is 79.6 Å². The lowest BCUT2D eigenvalue weighted by Crippen LogP contribution is -2.29. The maximum atomic E-state index is 14.4. The van der Waals surface area contributed by atoms with Crippen molar-refractivity contribution >= 4 is 64.2 Å². The van der Waals surface area contributed by atoms with Gasteiger partial charge in [0.2, 0.25) is 0 Å². The molecule has 3 fully saturated rings. The van der Waals surface area contributed by atoms with Gasteiger partial charge in [0.05, 0.1) is 81.3 Å². The Hall–Kier alpha value is -9.60. The van der Waals surface area contributed by atoms with Gasteiger partial charge in [0, 0.05) is 36.5 Å². The zero-order chi connectivity index (χ0) is 81.5. The number of nitrogens with zero attached hydrogens (tertiary/aromatic N) is 1. The van der Waals surface area contributed by atoms with Gasteiger partial charge in [-0.05, 0) is 184 Å². The van der Waals surface area contributed by atoms with E-state index in [0.29, 0.717) is 59.6 Å². The summed E-state index contributed by atoms with van der Waals surface area (Å²) in [5, 5.41) is 13.2. The molecule has 0 aromatic heterocycles. The Bertz CT molecular complexity index is 4820. The Morgan fingerprint density at radius 1 is 0.613 bits per heavy atom. The molecule has 22 nitrogen and oxygen atoms in total. The number of amides is 1. The van der Waals surface area contributed by atoms with Crippen molar-refractivity contribution in [2.75, 3.05) is 82.9 Å². The van der Waals surface area contributed by atoms with E-state index in [1.807, 2.05) is 13.0 Å². The fraction of sp³-hybridized carbons (Fsp3) is 0.338. The number of halogens is 5. The number of aliphatic hydroxyl groups is 1. The number of para-hydroxylation sites is 3. The van der Waals surface area contributed by atoms with Crippen LogP contribution >= 0.6 is 0 Å². The number of anilines is 1. The minimum atomic E-state index is -3.93. The summed E-state index contributed by atoms with van der Waals surface area (Å²) >= 11 is 0. The zero-order valence-corrected chi connectivity index (χ0v) is 65.5. The lowest BCUT2D eigenvalue weighted by Gasteiger charge is -2.23. The number of carbonyl (C=O) groups is 3. The zero-order valence-electron chi connectivity index (χ0n) is 62.3. The van der Waals surface area contributed by atoms with Gasteiger partial charge in [-0.1, -0.05) is 116 Å². The van der Waals surface area contributed by atoms with Crippen molar-refractivity contribution in [1.29, 1.82) is 0 Å². The minimum absolute atomic E-state index is 0.0113. The molecule has 8 aromatic rings. The topological polar surface area (TPSA) is 297 Å². The van der Waals surface area contributed by atoms with Crippen LogP contribution < -0.4 is 22.8 Å². The SMILES string of the molecule is C=CS(=O)(=O)Oc1ccccc1.CNC[C@H]1CN(c2ccc(C3CCCOC3)c(F)c2)C(=O)O1.COC(=O)C(CCS(=O)(=O)Oc1ccccc1)c1ccc(C)cc1F.COC(=O)Cc1ccc(C)cc1F.Cc1ccc(C(CO)CCS(=O)(=O)Oc2ccccc2)c(F)c1.Cc1ccc(C2CCS(=O)(=O)OC2)c(F)c1. The van der Waals surface area contributed by atoms with E-state index < -0.39 is 87.7 Å². The number of esters is 2. The van der Waals surface area contributed by atoms with Crippen molar-refractivity contribution in [3.8, 4) is 17.2 Å². The fourth-order valence-corrected chi connectivity index (χ4v) is 14.8. The molecule has 3 aliphatic heterocycles. The molecule has 0 bridgehead atoms. The molecule has 11 rings (SSSR count). The highest BCUT2D eigenvalue weighted by Crippen LogP contribution is 2.33. The summed E-state index contributed by atoms with van der Waals surface area (Å²) in [7, 11) is -10.4. The van der Waals surface area contributed by atoms with Gasteiger partial charge in [0.25, 0.3) is 10.1 Å². The standard InChI is InChI=1S/C18H19FO5S.C17H19FO4S.C16H21FN2O3.C11H13FO3S.C10H11FO2.C8H8O3S/c1-13-8-9-15(17(19)12-13)16(18(20)23-2)10-11-25(21,22)24-14-6-4-3-5-7-14;1-13-7-8-16(17(18)11-13)14(12-19)9-10-23(20,21)22-15-5-3-2-4-6-15;1-18-8-13-9-19(16(20)22-13)12-4-5-14(15(17)7-12)11-3-2-6-21-10-11;1-8-2-3-10(11(12)6-8)9-4-5-16(13,14)15-7-9;1-7-3-4-8(9(11)5-7)6-10(12)13-2;1-2-12(9,10)11-8-6-4-3-5-7-8/h3-9,12,16H,10-11H2,1-2H3;2-8,11,14,19H,9-10,12H2,1H3;4-5,7,11,13,18H,2-3,6,8-10H2,1H3;2-3,6,9H,4-5,7H2,1H3;3-5H,6H2,1-2H3;2-7H,1H2/t;;11?,13-;;;/m..0.../s1. The lowest BCUT2D eigenvalue weighted by atomic mass is 9.93. The summed E-state index contributed by atoms with van der Waals surface area (Å²) in [6, 6.07) is 48.3. The maximum absolute atomic E-state index is 14.4.